The molecule has 1 aromatic rings. The van der Waals surface area contributed by atoms with Crippen LogP contribution in [0.5, 0.6) is 0 Å². The number of benzene rings is 1. The van der Waals surface area contributed by atoms with Crippen LogP contribution in [0.15, 0.2) is 30.3 Å². The second-order valence-electron chi connectivity index (χ2n) is 3.98. The van der Waals surface area contributed by atoms with Gasteiger partial charge in [0.2, 0.25) is 0 Å². The SMILES string of the molecule is COC1(Cc2ccccc2)CCNC1.Cl. The third-order valence-electron chi connectivity index (χ3n) is 3.01. The van der Waals surface area contributed by atoms with E-state index >= 15 is 0 Å². The molecule has 1 aliphatic heterocycles. The zero-order valence-electron chi connectivity index (χ0n) is 9.03. The molecule has 0 bridgehead atoms. The van der Waals surface area contributed by atoms with Gasteiger partial charge in [-0.25, -0.2) is 0 Å². The Morgan fingerprint density at radius 1 is 1.33 bits per heavy atom. The number of nitrogens with one attached hydrogen (secondary N) is 1. The highest BCUT2D eigenvalue weighted by molar-refractivity contribution is 5.85. The molecule has 0 spiro atoms. The molecule has 0 amide bonds. The van der Waals surface area contributed by atoms with Gasteiger partial charge in [-0.1, -0.05) is 30.3 Å². The van der Waals surface area contributed by atoms with Crippen LogP contribution in [-0.2, 0) is 11.2 Å². The fraction of sp³-hybridized carbons (Fsp3) is 0.500. The largest absolute Gasteiger partial charge is 0.377 e. The van der Waals surface area contributed by atoms with E-state index in [1.165, 1.54) is 5.56 Å². The number of methoxy groups -OCH3 is 1. The van der Waals surface area contributed by atoms with E-state index in [-0.39, 0.29) is 18.0 Å². The molecule has 1 aliphatic rings. The van der Waals surface area contributed by atoms with Gasteiger partial charge >= 0.3 is 0 Å². The molecule has 0 saturated carbocycles. The highest BCUT2D eigenvalue weighted by atomic mass is 35.5. The van der Waals surface area contributed by atoms with Crippen molar-refractivity contribution in [2.75, 3.05) is 20.2 Å². The Morgan fingerprint density at radius 2 is 2.07 bits per heavy atom. The van der Waals surface area contributed by atoms with Crippen molar-refractivity contribution in [3.05, 3.63) is 35.9 Å². The van der Waals surface area contributed by atoms with E-state index in [4.69, 9.17) is 4.74 Å². The predicted octanol–water partition coefficient (Wildman–Crippen LogP) is 2.03. The van der Waals surface area contributed by atoms with Crippen LogP contribution >= 0.6 is 12.4 Å². The summed E-state index contributed by atoms with van der Waals surface area (Å²) >= 11 is 0. The summed E-state index contributed by atoms with van der Waals surface area (Å²) in [6, 6.07) is 10.6. The van der Waals surface area contributed by atoms with Crippen LogP contribution in [-0.4, -0.2) is 25.8 Å². The quantitative estimate of drug-likeness (QED) is 0.853. The van der Waals surface area contributed by atoms with Crippen LogP contribution in [0.4, 0.5) is 0 Å². The summed E-state index contributed by atoms with van der Waals surface area (Å²) in [6.45, 7) is 2.04. The zero-order valence-corrected chi connectivity index (χ0v) is 9.85. The molecule has 2 nitrogen and oxygen atoms in total. The van der Waals surface area contributed by atoms with E-state index in [0.717, 1.165) is 25.9 Å². The minimum Gasteiger partial charge on any atom is -0.377 e. The molecule has 1 fully saturated rings. The molecule has 0 aromatic heterocycles. The minimum atomic E-state index is 0. The van der Waals surface area contributed by atoms with Crippen molar-refractivity contribution in [3.8, 4) is 0 Å². The fourth-order valence-electron chi connectivity index (χ4n) is 2.09. The molecule has 2 rings (SSSR count). The third kappa shape index (κ3) is 2.94. The van der Waals surface area contributed by atoms with E-state index < -0.39 is 0 Å². The lowest BCUT2D eigenvalue weighted by Gasteiger charge is -2.26. The Morgan fingerprint density at radius 3 is 2.60 bits per heavy atom. The van der Waals surface area contributed by atoms with Gasteiger partial charge in [0.1, 0.15) is 0 Å². The van der Waals surface area contributed by atoms with Crippen LogP contribution in [0.1, 0.15) is 12.0 Å². The average Bonchev–Trinajstić information content (AvgIpc) is 2.69. The van der Waals surface area contributed by atoms with Crippen molar-refractivity contribution in [1.29, 1.82) is 0 Å². The van der Waals surface area contributed by atoms with Gasteiger partial charge in [0, 0.05) is 20.1 Å². The van der Waals surface area contributed by atoms with Crippen LogP contribution in [0.2, 0.25) is 0 Å². The van der Waals surface area contributed by atoms with E-state index in [2.05, 4.69) is 35.6 Å². The first kappa shape index (κ1) is 12.5. The molecule has 84 valence electrons. The van der Waals surface area contributed by atoms with Crippen LogP contribution in [0.3, 0.4) is 0 Å². The van der Waals surface area contributed by atoms with Gasteiger partial charge in [0.05, 0.1) is 5.60 Å². The number of rotatable bonds is 3. The minimum absolute atomic E-state index is 0. The summed E-state index contributed by atoms with van der Waals surface area (Å²) in [7, 11) is 1.82. The molecular weight excluding hydrogens is 210 g/mol. The molecule has 1 saturated heterocycles. The smallest absolute Gasteiger partial charge is 0.0854 e. The molecule has 15 heavy (non-hydrogen) atoms. The first-order valence-electron chi connectivity index (χ1n) is 5.14. The Bertz CT molecular complexity index is 283. The zero-order chi connectivity index (χ0) is 9.86. The summed E-state index contributed by atoms with van der Waals surface area (Å²) in [6.07, 6.45) is 2.12. The van der Waals surface area contributed by atoms with E-state index in [0.29, 0.717) is 0 Å². The van der Waals surface area contributed by atoms with Gasteiger partial charge < -0.3 is 10.1 Å². The monoisotopic (exact) mass is 227 g/mol. The van der Waals surface area contributed by atoms with Crippen molar-refractivity contribution in [2.45, 2.75) is 18.4 Å². The maximum absolute atomic E-state index is 5.64. The highest BCUT2D eigenvalue weighted by Crippen LogP contribution is 2.23. The van der Waals surface area contributed by atoms with E-state index in [9.17, 15) is 0 Å². The second kappa shape index (κ2) is 5.50. The van der Waals surface area contributed by atoms with Crippen LogP contribution in [0.25, 0.3) is 0 Å². The number of hydrogen-bond donors (Lipinski definition) is 1. The Balaban J connectivity index is 0.00000112. The van der Waals surface area contributed by atoms with Crippen molar-refractivity contribution in [3.63, 3.8) is 0 Å². The van der Waals surface area contributed by atoms with Crippen LogP contribution in [0, 0.1) is 0 Å². The Hall–Kier alpha value is -0.570. The standard InChI is InChI=1S/C12H17NO.ClH/c1-14-12(7-8-13-10-12)9-11-5-3-2-4-6-11;/h2-6,13H,7-10H2,1H3;1H. The maximum atomic E-state index is 5.64. The average molecular weight is 228 g/mol. The molecule has 0 aliphatic carbocycles. The molecule has 1 aromatic carbocycles. The third-order valence-corrected chi connectivity index (χ3v) is 3.01. The van der Waals surface area contributed by atoms with E-state index in [1.807, 2.05) is 7.11 Å². The first-order valence-corrected chi connectivity index (χ1v) is 5.14. The lowest BCUT2D eigenvalue weighted by molar-refractivity contribution is 0.00776. The van der Waals surface area contributed by atoms with Crippen molar-refractivity contribution >= 4 is 12.4 Å². The molecule has 1 N–H and O–H groups in total. The fourth-order valence-corrected chi connectivity index (χ4v) is 2.09. The summed E-state index contributed by atoms with van der Waals surface area (Å²) in [5, 5.41) is 3.36. The van der Waals surface area contributed by atoms with E-state index in [1.54, 1.807) is 0 Å². The molecule has 1 unspecified atom stereocenters. The van der Waals surface area contributed by atoms with Crippen molar-refractivity contribution < 1.29 is 4.74 Å². The van der Waals surface area contributed by atoms with Crippen molar-refractivity contribution in [2.24, 2.45) is 0 Å². The van der Waals surface area contributed by atoms with Gasteiger partial charge in [-0.15, -0.1) is 12.4 Å². The summed E-state index contributed by atoms with van der Waals surface area (Å²) in [4.78, 5) is 0. The van der Waals surface area contributed by atoms with Gasteiger partial charge in [0.15, 0.2) is 0 Å². The molecule has 1 heterocycles. The van der Waals surface area contributed by atoms with Gasteiger partial charge in [-0.05, 0) is 18.5 Å². The van der Waals surface area contributed by atoms with Crippen molar-refractivity contribution in [1.82, 2.24) is 5.32 Å². The normalized spacial score (nSPS) is 24.9. The lowest BCUT2D eigenvalue weighted by atomic mass is 9.93. The molecule has 3 heteroatoms. The second-order valence-corrected chi connectivity index (χ2v) is 3.98. The summed E-state index contributed by atoms with van der Waals surface area (Å²) in [5.41, 5.74) is 1.39. The van der Waals surface area contributed by atoms with Gasteiger partial charge in [-0.2, -0.15) is 0 Å². The summed E-state index contributed by atoms with van der Waals surface area (Å²) < 4.78 is 5.64. The molecular formula is C12H18ClNO. The Labute approximate surface area is 97.4 Å². The molecule has 1 atom stereocenters. The number of hydrogen-bond acceptors (Lipinski definition) is 2. The number of ether oxygens (including phenoxy) is 1. The Kier molecular flexibility index (Phi) is 4.58. The maximum Gasteiger partial charge on any atom is 0.0854 e. The van der Waals surface area contributed by atoms with Gasteiger partial charge in [-0.3, -0.25) is 0 Å². The topological polar surface area (TPSA) is 21.3 Å². The highest BCUT2D eigenvalue weighted by Gasteiger charge is 2.33. The number of halogens is 1. The lowest BCUT2D eigenvalue weighted by Crippen LogP contribution is -2.36. The van der Waals surface area contributed by atoms with Crippen LogP contribution < -0.4 is 5.32 Å². The first-order chi connectivity index (χ1) is 6.85. The van der Waals surface area contributed by atoms with Gasteiger partial charge in [0.25, 0.3) is 0 Å². The molecule has 0 radical (unpaired) electrons. The predicted molar refractivity (Wildman–Crippen MR) is 64.6 cm³/mol. The summed E-state index contributed by atoms with van der Waals surface area (Å²) in [5.74, 6) is 0.